The number of carbonyl (C=O) groups excluding carboxylic acids is 2. The highest BCUT2D eigenvalue weighted by Crippen LogP contribution is 2.23. The molecule has 2 unspecified atom stereocenters. The van der Waals surface area contributed by atoms with Crippen molar-refractivity contribution in [3.8, 4) is 0 Å². The van der Waals surface area contributed by atoms with Gasteiger partial charge in [0.15, 0.2) is 0 Å². The number of rotatable bonds is 32. The molecule has 0 spiro atoms. The predicted octanol–water partition coefficient (Wildman–Crippen LogP) is 8.40. The first-order chi connectivity index (χ1) is 27.1. The fourth-order valence-electron chi connectivity index (χ4n) is 6.28. The Balaban J connectivity index is 0.000000905. The number of H-pyrrole nitrogens is 4. The number of carboxylic acid groups (broad SMARTS) is 2. The molecule has 0 bridgehead atoms. The van der Waals surface area contributed by atoms with E-state index in [2.05, 4.69) is 33.8 Å². The summed E-state index contributed by atoms with van der Waals surface area (Å²) in [6.07, 6.45) is 39.5. The fraction of sp³-hybridized carbons (Fsp3) is 0.727. The van der Waals surface area contributed by atoms with Gasteiger partial charge in [-0.05, 0) is 25.0 Å². The van der Waals surface area contributed by atoms with Crippen molar-refractivity contribution in [3.05, 3.63) is 69.0 Å². The number of aliphatic carboxylic acids is 2. The van der Waals surface area contributed by atoms with Gasteiger partial charge in [-0.15, -0.1) is 0 Å². The molecule has 0 fully saturated rings. The van der Waals surface area contributed by atoms with Gasteiger partial charge in [-0.3, -0.25) is 0 Å². The second-order valence-electron chi connectivity index (χ2n) is 14.8. The van der Waals surface area contributed by atoms with Crippen LogP contribution >= 0.6 is 0 Å². The number of alkyl halides is 2. The Bertz CT molecular complexity index is 1230. The molecular formula is C44H74F2N4O6. The fourth-order valence-corrected chi connectivity index (χ4v) is 6.28. The lowest BCUT2D eigenvalue weighted by Crippen LogP contribution is -2.29. The Morgan fingerprint density at radius 3 is 0.982 bits per heavy atom. The van der Waals surface area contributed by atoms with Crippen molar-refractivity contribution >= 4 is 11.9 Å². The number of unbranched alkanes of at least 4 members (excludes halogenated alkanes) is 24. The van der Waals surface area contributed by atoms with Crippen LogP contribution in [0.1, 0.15) is 217 Å². The SMILES string of the molecule is CCCCCCCCCCCCCCCC(F)c1c[nH]c(=O)[nH+]c1.CCCCCCCCCCCCCCCC(F)c1c[nH]c(=O)[nH+]c1.O=C([O-])/C=C/C(=O)[O-]. The standard InChI is InChI=1S/2C20H35FN2O.C4H4O4/c2*1-2-3-4-5-6-7-8-9-10-11-12-13-14-15-19(21)18-16-22-20(24)23-17-18;5-3(6)1-2-4(7)8/h2*16-17,19H,2-15H2,1H3,(H,22,23,24);1-2H,(H,5,6)(H,7,8)/b;;2-1+. The molecule has 2 aromatic heterocycles. The Hall–Kier alpha value is -3.70. The van der Waals surface area contributed by atoms with E-state index in [4.69, 9.17) is 0 Å². The molecule has 2 rings (SSSR count). The highest BCUT2D eigenvalue weighted by Gasteiger charge is 2.13. The minimum absolute atomic E-state index is 0.299. The van der Waals surface area contributed by atoms with Gasteiger partial charge in [-0.25, -0.2) is 28.7 Å². The van der Waals surface area contributed by atoms with Crippen LogP contribution in [0, 0.1) is 0 Å². The van der Waals surface area contributed by atoms with E-state index >= 15 is 0 Å². The van der Waals surface area contributed by atoms with Crippen molar-refractivity contribution in [2.75, 3.05) is 0 Å². The largest absolute Gasteiger partial charge is 0.545 e. The second-order valence-corrected chi connectivity index (χ2v) is 14.8. The zero-order valence-electron chi connectivity index (χ0n) is 34.6. The highest BCUT2D eigenvalue weighted by atomic mass is 19.1. The number of hydrogen-bond donors (Lipinski definition) is 2. The van der Waals surface area contributed by atoms with Gasteiger partial charge in [-0.1, -0.05) is 181 Å². The van der Waals surface area contributed by atoms with Crippen LogP contribution in [0.2, 0.25) is 0 Å². The molecule has 12 heteroatoms. The quantitative estimate of drug-likeness (QED) is 0.0556. The van der Waals surface area contributed by atoms with Crippen LogP contribution in [0.25, 0.3) is 0 Å². The van der Waals surface area contributed by atoms with E-state index in [-0.39, 0.29) is 11.4 Å². The summed E-state index contributed by atoms with van der Waals surface area (Å²) >= 11 is 0. The van der Waals surface area contributed by atoms with Gasteiger partial charge in [0.1, 0.15) is 37.1 Å². The monoisotopic (exact) mass is 793 g/mol. The number of halogens is 2. The number of carboxylic acids is 2. The van der Waals surface area contributed by atoms with E-state index in [0.29, 0.717) is 36.1 Å². The molecule has 0 aliphatic heterocycles. The summed E-state index contributed by atoms with van der Waals surface area (Å²) in [7, 11) is 0. The van der Waals surface area contributed by atoms with Crippen LogP contribution in [0.3, 0.4) is 0 Å². The van der Waals surface area contributed by atoms with Crippen molar-refractivity contribution in [1.82, 2.24) is 9.97 Å². The number of carbonyl (C=O) groups is 2. The molecule has 2 heterocycles. The molecule has 2 aromatic rings. The molecule has 0 radical (unpaired) electrons. The van der Waals surface area contributed by atoms with Crippen LogP contribution in [0.5, 0.6) is 0 Å². The number of nitrogens with one attached hydrogen (secondary N) is 4. The van der Waals surface area contributed by atoms with Crippen LogP contribution in [0.4, 0.5) is 8.78 Å². The van der Waals surface area contributed by atoms with Gasteiger partial charge >= 0.3 is 11.4 Å². The number of aromatic amines is 4. The van der Waals surface area contributed by atoms with E-state index in [1.165, 1.54) is 166 Å². The lowest BCUT2D eigenvalue weighted by atomic mass is 10.0. The predicted molar refractivity (Wildman–Crippen MR) is 215 cm³/mol. The Kier molecular flexibility index (Phi) is 35.7. The Morgan fingerprint density at radius 2 is 0.768 bits per heavy atom. The van der Waals surface area contributed by atoms with E-state index < -0.39 is 24.3 Å². The van der Waals surface area contributed by atoms with E-state index in [1.807, 2.05) is 0 Å². The van der Waals surface area contributed by atoms with Crippen LogP contribution in [-0.2, 0) is 9.59 Å². The first kappa shape index (κ1) is 52.3. The van der Waals surface area contributed by atoms with E-state index in [1.54, 1.807) is 0 Å². The maximum atomic E-state index is 14.0. The van der Waals surface area contributed by atoms with Gasteiger partial charge in [0, 0.05) is 0 Å². The van der Waals surface area contributed by atoms with Crippen molar-refractivity contribution in [3.63, 3.8) is 0 Å². The van der Waals surface area contributed by atoms with Crippen LogP contribution in [-0.4, -0.2) is 21.9 Å². The van der Waals surface area contributed by atoms with Crippen molar-refractivity contribution in [1.29, 1.82) is 0 Å². The molecule has 56 heavy (non-hydrogen) atoms. The minimum Gasteiger partial charge on any atom is -0.545 e. The van der Waals surface area contributed by atoms with Gasteiger partial charge in [-0.2, -0.15) is 9.59 Å². The first-order valence-electron chi connectivity index (χ1n) is 21.7. The van der Waals surface area contributed by atoms with Crippen molar-refractivity contribution in [2.45, 2.75) is 206 Å². The second kappa shape index (κ2) is 38.2. The number of hydrogen-bond acceptors (Lipinski definition) is 6. The van der Waals surface area contributed by atoms with Crippen molar-refractivity contribution in [2.24, 2.45) is 0 Å². The zero-order valence-corrected chi connectivity index (χ0v) is 34.6. The molecule has 320 valence electrons. The molecule has 0 aromatic carbocycles. The lowest BCUT2D eigenvalue weighted by Gasteiger charge is -2.06. The summed E-state index contributed by atoms with van der Waals surface area (Å²) in [4.78, 5) is 50.5. The van der Waals surface area contributed by atoms with Gasteiger partial charge in [0.05, 0.1) is 23.1 Å². The Morgan fingerprint density at radius 1 is 0.518 bits per heavy atom. The molecule has 0 saturated carbocycles. The smallest absolute Gasteiger partial charge is 0.493 e. The maximum Gasteiger partial charge on any atom is 0.493 e. The molecule has 2 atom stereocenters. The summed E-state index contributed by atoms with van der Waals surface area (Å²) in [6, 6.07) is 0. The summed E-state index contributed by atoms with van der Waals surface area (Å²) in [6.45, 7) is 4.52. The van der Waals surface area contributed by atoms with Crippen LogP contribution in [0.15, 0.2) is 46.5 Å². The maximum absolute atomic E-state index is 14.0. The topological polar surface area (TPSA) is 174 Å². The van der Waals surface area contributed by atoms with Gasteiger partial charge in [0.25, 0.3) is 0 Å². The van der Waals surface area contributed by atoms with E-state index in [0.717, 1.165) is 25.7 Å². The molecule has 4 N–H and O–H groups in total. The summed E-state index contributed by atoms with van der Waals surface area (Å²) < 4.78 is 27.9. The van der Waals surface area contributed by atoms with Gasteiger partial charge < -0.3 is 19.8 Å². The molecule has 10 nitrogen and oxygen atoms in total. The van der Waals surface area contributed by atoms with Gasteiger partial charge in [0.2, 0.25) is 0 Å². The molecule has 0 saturated heterocycles. The third kappa shape index (κ3) is 34.8. The average molecular weight is 793 g/mol. The van der Waals surface area contributed by atoms with Crippen molar-refractivity contribution < 1.29 is 38.6 Å². The molecule has 0 amide bonds. The van der Waals surface area contributed by atoms with Crippen LogP contribution < -0.4 is 31.6 Å². The summed E-state index contributed by atoms with van der Waals surface area (Å²) in [5.41, 5.74) is 0.473. The van der Waals surface area contributed by atoms with E-state index in [9.17, 15) is 38.2 Å². The summed E-state index contributed by atoms with van der Waals surface area (Å²) in [5, 5.41) is 18.8. The molecule has 0 aliphatic carbocycles. The zero-order chi connectivity index (χ0) is 41.5. The lowest BCUT2D eigenvalue weighted by molar-refractivity contribution is -0.403. The first-order valence-corrected chi connectivity index (χ1v) is 21.7. The third-order valence-electron chi connectivity index (χ3n) is 9.68. The molecule has 0 aliphatic rings. The minimum atomic E-state index is -1.55. The normalized spacial score (nSPS) is 12.0. The summed E-state index contributed by atoms with van der Waals surface area (Å²) in [5.74, 6) is -3.09. The highest BCUT2D eigenvalue weighted by molar-refractivity contribution is 5.87. The average Bonchev–Trinajstić information content (AvgIpc) is 3.18. The third-order valence-corrected chi connectivity index (χ3v) is 9.68. The Labute approximate surface area is 334 Å². The molecular weight excluding hydrogens is 719 g/mol. The number of aromatic nitrogens is 4.